The Balaban J connectivity index is 2.38. The number of carbonyl (C=O) groups excluding carboxylic acids is 1. The van der Waals surface area contributed by atoms with Gasteiger partial charge in [-0.15, -0.1) is 0 Å². The van der Waals surface area contributed by atoms with E-state index < -0.39 is 5.97 Å². The van der Waals surface area contributed by atoms with E-state index in [0.29, 0.717) is 5.92 Å². The fourth-order valence-electron chi connectivity index (χ4n) is 2.55. The quantitative estimate of drug-likeness (QED) is 0.768. The van der Waals surface area contributed by atoms with Gasteiger partial charge in [-0.2, -0.15) is 0 Å². The van der Waals surface area contributed by atoms with Crippen molar-refractivity contribution in [3.8, 4) is 0 Å². The lowest BCUT2D eigenvalue weighted by Gasteiger charge is -2.38. The maximum absolute atomic E-state index is 11.6. The van der Waals surface area contributed by atoms with Crippen LogP contribution in [0, 0.1) is 11.8 Å². The standard InChI is InChI=1S/C14H24O4/c1-10(2)11-6-8-14(3,9-7-11)18-13(17)5-4-12(15)16/h10-11H,4-9H2,1-3H3,(H,15,16). The SMILES string of the molecule is CC(C)C1CCC(C)(OC(=O)CCC(=O)O)CC1. The summed E-state index contributed by atoms with van der Waals surface area (Å²) in [5.74, 6) is 0.0524. The van der Waals surface area contributed by atoms with Gasteiger partial charge in [-0.25, -0.2) is 0 Å². The molecule has 0 spiro atoms. The van der Waals surface area contributed by atoms with Crippen LogP contribution < -0.4 is 0 Å². The molecule has 0 aromatic carbocycles. The van der Waals surface area contributed by atoms with Gasteiger partial charge in [0, 0.05) is 0 Å². The van der Waals surface area contributed by atoms with Gasteiger partial charge in [0.2, 0.25) is 0 Å². The second-order valence-electron chi connectivity index (χ2n) is 5.90. The van der Waals surface area contributed by atoms with E-state index >= 15 is 0 Å². The summed E-state index contributed by atoms with van der Waals surface area (Å²) in [6.07, 6.45) is 3.76. The van der Waals surface area contributed by atoms with Crippen molar-refractivity contribution >= 4 is 11.9 Å². The lowest BCUT2D eigenvalue weighted by Crippen LogP contribution is -2.37. The molecule has 0 atom stereocenters. The third-order valence-corrected chi connectivity index (χ3v) is 3.93. The van der Waals surface area contributed by atoms with Crippen LogP contribution in [0.1, 0.15) is 59.3 Å². The largest absolute Gasteiger partial charge is 0.481 e. The second-order valence-corrected chi connectivity index (χ2v) is 5.90. The van der Waals surface area contributed by atoms with Crippen molar-refractivity contribution in [2.75, 3.05) is 0 Å². The molecule has 0 aliphatic heterocycles. The van der Waals surface area contributed by atoms with Crippen LogP contribution in [-0.2, 0) is 14.3 Å². The monoisotopic (exact) mass is 256 g/mol. The van der Waals surface area contributed by atoms with Crippen LogP contribution in [0.5, 0.6) is 0 Å². The highest BCUT2D eigenvalue weighted by Gasteiger charge is 2.35. The fraction of sp³-hybridized carbons (Fsp3) is 0.857. The molecule has 1 aliphatic rings. The van der Waals surface area contributed by atoms with Crippen LogP contribution in [-0.4, -0.2) is 22.6 Å². The predicted octanol–water partition coefficient (Wildman–Crippen LogP) is 3.00. The summed E-state index contributed by atoms with van der Waals surface area (Å²) in [5, 5.41) is 8.52. The van der Waals surface area contributed by atoms with E-state index in [1.165, 1.54) is 0 Å². The minimum Gasteiger partial charge on any atom is -0.481 e. The first kappa shape index (κ1) is 15.0. The van der Waals surface area contributed by atoms with E-state index in [2.05, 4.69) is 13.8 Å². The number of aliphatic carboxylic acids is 1. The number of rotatable bonds is 5. The molecular weight excluding hydrogens is 232 g/mol. The van der Waals surface area contributed by atoms with Crippen molar-refractivity contribution in [3.05, 3.63) is 0 Å². The number of carboxylic acids is 1. The van der Waals surface area contributed by atoms with Crippen molar-refractivity contribution in [1.82, 2.24) is 0 Å². The van der Waals surface area contributed by atoms with E-state index in [-0.39, 0.29) is 24.4 Å². The lowest BCUT2D eigenvalue weighted by molar-refractivity contribution is -0.164. The lowest BCUT2D eigenvalue weighted by atomic mass is 9.75. The van der Waals surface area contributed by atoms with Crippen molar-refractivity contribution in [2.45, 2.75) is 64.9 Å². The Morgan fingerprint density at radius 1 is 1.28 bits per heavy atom. The third-order valence-electron chi connectivity index (χ3n) is 3.93. The molecule has 0 unspecified atom stereocenters. The Bertz CT molecular complexity index is 301. The molecule has 1 N–H and O–H groups in total. The van der Waals surface area contributed by atoms with Gasteiger partial charge in [0.15, 0.2) is 0 Å². The summed E-state index contributed by atoms with van der Waals surface area (Å²) < 4.78 is 5.46. The molecule has 1 aliphatic carbocycles. The molecule has 104 valence electrons. The Morgan fingerprint density at radius 2 is 1.83 bits per heavy atom. The smallest absolute Gasteiger partial charge is 0.306 e. The molecule has 0 saturated heterocycles. The maximum Gasteiger partial charge on any atom is 0.306 e. The van der Waals surface area contributed by atoms with E-state index in [1.54, 1.807) is 0 Å². The third kappa shape index (κ3) is 4.67. The van der Waals surface area contributed by atoms with Crippen LogP contribution in [0.4, 0.5) is 0 Å². The first-order valence-corrected chi connectivity index (χ1v) is 6.76. The van der Waals surface area contributed by atoms with Gasteiger partial charge in [-0.3, -0.25) is 9.59 Å². The molecule has 18 heavy (non-hydrogen) atoms. The molecule has 4 nitrogen and oxygen atoms in total. The number of esters is 1. The molecule has 0 bridgehead atoms. The predicted molar refractivity (Wildman–Crippen MR) is 68.2 cm³/mol. The zero-order chi connectivity index (χ0) is 13.8. The van der Waals surface area contributed by atoms with Gasteiger partial charge in [-0.05, 0) is 44.4 Å². The van der Waals surface area contributed by atoms with Crippen LogP contribution in [0.2, 0.25) is 0 Å². The Kier molecular flexibility index (Phi) is 5.17. The second kappa shape index (κ2) is 6.21. The van der Waals surface area contributed by atoms with Gasteiger partial charge in [0.1, 0.15) is 5.60 Å². The number of ether oxygens (including phenoxy) is 1. The molecule has 0 aromatic rings. The number of hydrogen-bond acceptors (Lipinski definition) is 3. The summed E-state index contributed by atoms with van der Waals surface area (Å²) >= 11 is 0. The van der Waals surface area contributed by atoms with E-state index in [0.717, 1.165) is 31.6 Å². The zero-order valence-electron chi connectivity index (χ0n) is 11.6. The molecule has 4 heteroatoms. The highest BCUT2D eigenvalue weighted by molar-refractivity contribution is 5.76. The van der Waals surface area contributed by atoms with Gasteiger partial charge < -0.3 is 9.84 Å². The number of carbonyl (C=O) groups is 2. The molecule has 1 fully saturated rings. The van der Waals surface area contributed by atoms with Crippen LogP contribution >= 0.6 is 0 Å². The molecule has 0 radical (unpaired) electrons. The summed E-state index contributed by atoms with van der Waals surface area (Å²) in [7, 11) is 0. The molecule has 0 aromatic heterocycles. The molecular formula is C14H24O4. The molecule has 0 amide bonds. The molecule has 0 heterocycles. The van der Waals surface area contributed by atoms with Gasteiger partial charge in [-0.1, -0.05) is 13.8 Å². The minimum absolute atomic E-state index is 0.0292. The van der Waals surface area contributed by atoms with Crippen molar-refractivity contribution in [1.29, 1.82) is 0 Å². The Morgan fingerprint density at radius 3 is 2.28 bits per heavy atom. The molecule has 1 rings (SSSR count). The van der Waals surface area contributed by atoms with E-state index in [4.69, 9.17) is 9.84 Å². The average Bonchev–Trinajstić information content (AvgIpc) is 2.26. The maximum atomic E-state index is 11.6. The van der Waals surface area contributed by atoms with E-state index in [9.17, 15) is 9.59 Å². The number of hydrogen-bond donors (Lipinski definition) is 1. The normalized spacial score (nSPS) is 28.1. The van der Waals surface area contributed by atoms with Crippen LogP contribution in [0.15, 0.2) is 0 Å². The number of carboxylic acid groups (broad SMARTS) is 1. The van der Waals surface area contributed by atoms with Crippen molar-refractivity contribution in [2.24, 2.45) is 11.8 Å². The summed E-state index contributed by atoms with van der Waals surface area (Å²) in [6.45, 7) is 6.42. The highest BCUT2D eigenvalue weighted by Crippen LogP contribution is 2.37. The first-order valence-electron chi connectivity index (χ1n) is 6.76. The summed E-state index contributed by atoms with van der Waals surface area (Å²) in [4.78, 5) is 21.9. The van der Waals surface area contributed by atoms with E-state index in [1.807, 2.05) is 6.92 Å². The first-order chi connectivity index (χ1) is 8.32. The van der Waals surface area contributed by atoms with Crippen LogP contribution in [0.3, 0.4) is 0 Å². The Hall–Kier alpha value is -1.06. The molecule has 1 saturated carbocycles. The van der Waals surface area contributed by atoms with Gasteiger partial charge in [0.05, 0.1) is 12.8 Å². The van der Waals surface area contributed by atoms with Gasteiger partial charge >= 0.3 is 11.9 Å². The summed E-state index contributed by atoms with van der Waals surface area (Å²) in [6, 6.07) is 0. The van der Waals surface area contributed by atoms with Crippen LogP contribution in [0.25, 0.3) is 0 Å². The van der Waals surface area contributed by atoms with Crippen molar-refractivity contribution in [3.63, 3.8) is 0 Å². The van der Waals surface area contributed by atoms with Gasteiger partial charge in [0.25, 0.3) is 0 Å². The topological polar surface area (TPSA) is 63.6 Å². The highest BCUT2D eigenvalue weighted by atomic mass is 16.6. The zero-order valence-corrected chi connectivity index (χ0v) is 11.6. The average molecular weight is 256 g/mol. The summed E-state index contributed by atoms with van der Waals surface area (Å²) in [5.41, 5.74) is -0.388. The Labute approximate surface area is 109 Å². The fourth-order valence-corrected chi connectivity index (χ4v) is 2.55. The van der Waals surface area contributed by atoms with Crippen molar-refractivity contribution < 1.29 is 19.4 Å². The minimum atomic E-state index is -0.958.